The number of fused-ring (bicyclic) bond motifs is 4. The molecule has 2 aliphatic rings. The minimum Gasteiger partial charge on any atom is -0.309 e. The van der Waals surface area contributed by atoms with Gasteiger partial charge in [-0.3, -0.25) is 0 Å². The second-order valence-corrected chi connectivity index (χ2v) is 14.9. The Morgan fingerprint density at radius 3 is 2.16 bits per heavy atom. The maximum Gasteiger partial charge on any atom is 0.160 e. The summed E-state index contributed by atoms with van der Waals surface area (Å²) >= 11 is 0. The van der Waals surface area contributed by atoms with Gasteiger partial charge in [-0.15, -0.1) is 5.73 Å². The van der Waals surface area contributed by atoms with Crippen molar-refractivity contribution >= 4 is 39.2 Å². The van der Waals surface area contributed by atoms with Crippen LogP contribution in [0.5, 0.6) is 0 Å². The van der Waals surface area contributed by atoms with Crippen LogP contribution in [-0.4, -0.2) is 14.5 Å². The van der Waals surface area contributed by atoms with Crippen molar-refractivity contribution in [3.8, 4) is 33.9 Å². The number of benzene rings is 5. The van der Waals surface area contributed by atoms with Crippen LogP contribution in [-0.2, 0) is 0 Å². The van der Waals surface area contributed by atoms with E-state index in [9.17, 15) is 0 Å². The van der Waals surface area contributed by atoms with Crippen molar-refractivity contribution in [3.05, 3.63) is 203 Å². The van der Waals surface area contributed by atoms with Gasteiger partial charge in [0.05, 0.1) is 22.4 Å². The maximum absolute atomic E-state index is 5.15. The van der Waals surface area contributed by atoms with Crippen molar-refractivity contribution < 1.29 is 0 Å². The zero-order chi connectivity index (χ0) is 38.0. The molecule has 270 valence electrons. The van der Waals surface area contributed by atoms with E-state index < -0.39 is 0 Å². The molecule has 0 bridgehead atoms. The van der Waals surface area contributed by atoms with E-state index in [1.807, 2.05) is 24.3 Å². The molecular weight excluding hydrogens is 679 g/mol. The van der Waals surface area contributed by atoms with Gasteiger partial charge in [-0.05, 0) is 96.9 Å². The predicted molar refractivity (Wildman–Crippen MR) is 237 cm³/mol. The summed E-state index contributed by atoms with van der Waals surface area (Å²) in [6, 6.07) is 45.1. The molecule has 56 heavy (non-hydrogen) atoms. The molecule has 0 N–H and O–H groups in total. The minimum atomic E-state index is 0.422. The van der Waals surface area contributed by atoms with Gasteiger partial charge in [0.25, 0.3) is 0 Å². The van der Waals surface area contributed by atoms with E-state index in [4.69, 9.17) is 9.97 Å². The Hall–Kier alpha value is -6.80. The Morgan fingerprint density at radius 1 is 0.714 bits per heavy atom. The summed E-state index contributed by atoms with van der Waals surface area (Å²) < 4.78 is 2.39. The summed E-state index contributed by atoms with van der Waals surface area (Å²) in [6.45, 7) is 6.69. The third-order valence-electron chi connectivity index (χ3n) is 10.9. The average Bonchev–Trinajstić information content (AvgIpc) is 3.38. The summed E-state index contributed by atoms with van der Waals surface area (Å²) in [7, 11) is 0. The lowest BCUT2D eigenvalue weighted by atomic mass is 9.84. The van der Waals surface area contributed by atoms with Crippen LogP contribution in [0.2, 0.25) is 0 Å². The minimum absolute atomic E-state index is 0.422. The van der Waals surface area contributed by atoms with E-state index in [1.165, 1.54) is 49.8 Å². The third kappa shape index (κ3) is 6.75. The Bertz CT molecular complexity index is 2790. The Labute approximate surface area is 329 Å². The van der Waals surface area contributed by atoms with E-state index in [0.717, 1.165) is 57.9 Å². The quantitative estimate of drug-likeness (QED) is 0.116. The molecule has 3 nitrogen and oxygen atoms in total. The summed E-state index contributed by atoms with van der Waals surface area (Å²) in [4.78, 5) is 10.3. The third-order valence-corrected chi connectivity index (χ3v) is 10.9. The van der Waals surface area contributed by atoms with Crippen LogP contribution in [0.25, 0.3) is 73.1 Å². The summed E-state index contributed by atoms with van der Waals surface area (Å²) in [5.74, 6) is 1.16. The number of para-hydroxylation sites is 2. The number of hydrogen-bond donors (Lipinski definition) is 0. The SMILES string of the molecule is CC(C)=C(/C=C\CC1=C=CC=C(c2ccc(-c3cc(-c4cccc5c4C(C)CC=C5)nc(-c4ccccc4)n3)cc2)C=C1)n1c2ccccc2c2ccccc21. The maximum atomic E-state index is 5.15. The number of hydrogen-bond acceptors (Lipinski definition) is 2. The van der Waals surface area contributed by atoms with Crippen LogP contribution < -0.4 is 0 Å². The van der Waals surface area contributed by atoms with Crippen molar-refractivity contribution in [1.29, 1.82) is 0 Å². The molecule has 0 saturated carbocycles. The molecule has 0 spiro atoms. The summed E-state index contributed by atoms with van der Waals surface area (Å²) in [6.07, 6.45) is 19.4. The van der Waals surface area contributed by atoms with Crippen LogP contribution in [0.1, 0.15) is 56.2 Å². The zero-order valence-corrected chi connectivity index (χ0v) is 32.1. The second-order valence-electron chi connectivity index (χ2n) is 14.9. The highest BCUT2D eigenvalue weighted by atomic mass is 15.0. The molecule has 2 heterocycles. The molecular formula is C53H43N3. The molecule has 2 aromatic heterocycles. The van der Waals surface area contributed by atoms with E-state index in [-0.39, 0.29) is 0 Å². The lowest BCUT2D eigenvalue weighted by Gasteiger charge is -2.22. The second kappa shape index (κ2) is 15.1. The van der Waals surface area contributed by atoms with Gasteiger partial charge in [0.15, 0.2) is 5.82 Å². The van der Waals surface area contributed by atoms with Crippen LogP contribution in [0.3, 0.4) is 0 Å². The monoisotopic (exact) mass is 721 g/mol. The first-order chi connectivity index (χ1) is 27.5. The van der Waals surface area contributed by atoms with Crippen LogP contribution in [0, 0.1) is 0 Å². The normalized spacial score (nSPS) is 14.9. The highest BCUT2D eigenvalue weighted by Crippen LogP contribution is 2.39. The topological polar surface area (TPSA) is 30.7 Å². The van der Waals surface area contributed by atoms with Gasteiger partial charge in [0.1, 0.15) is 0 Å². The number of nitrogens with zero attached hydrogens (tertiary/aromatic N) is 3. The van der Waals surface area contributed by atoms with E-state index >= 15 is 0 Å². The molecule has 0 aliphatic heterocycles. The summed E-state index contributed by atoms with van der Waals surface area (Å²) in [5.41, 5.74) is 19.6. The molecule has 2 aliphatic carbocycles. The van der Waals surface area contributed by atoms with Gasteiger partial charge in [0.2, 0.25) is 0 Å². The molecule has 5 aromatic carbocycles. The van der Waals surface area contributed by atoms with Crippen molar-refractivity contribution in [3.63, 3.8) is 0 Å². The van der Waals surface area contributed by atoms with Gasteiger partial charge in [0, 0.05) is 33.2 Å². The van der Waals surface area contributed by atoms with Crippen LogP contribution in [0.4, 0.5) is 0 Å². The fraction of sp³-hybridized carbons (Fsp3) is 0.113. The van der Waals surface area contributed by atoms with Crippen molar-refractivity contribution in [2.45, 2.75) is 39.5 Å². The first-order valence-electron chi connectivity index (χ1n) is 19.5. The van der Waals surface area contributed by atoms with Gasteiger partial charge in [-0.25, -0.2) is 9.97 Å². The first kappa shape index (κ1) is 34.9. The number of allylic oxidation sites excluding steroid dienone is 10. The zero-order valence-electron chi connectivity index (χ0n) is 32.1. The largest absolute Gasteiger partial charge is 0.309 e. The fourth-order valence-electron chi connectivity index (χ4n) is 8.10. The van der Waals surface area contributed by atoms with Crippen molar-refractivity contribution in [1.82, 2.24) is 14.5 Å². The smallest absolute Gasteiger partial charge is 0.160 e. The van der Waals surface area contributed by atoms with Gasteiger partial charge >= 0.3 is 0 Å². The predicted octanol–water partition coefficient (Wildman–Crippen LogP) is 14.0. The van der Waals surface area contributed by atoms with Gasteiger partial charge in [-0.1, -0.05) is 152 Å². The number of aromatic nitrogens is 3. The Balaban J connectivity index is 0.964. The fourth-order valence-corrected chi connectivity index (χ4v) is 8.10. The van der Waals surface area contributed by atoms with Crippen molar-refractivity contribution in [2.75, 3.05) is 0 Å². The Morgan fingerprint density at radius 2 is 1.41 bits per heavy atom. The standard InChI is InChI=1S/C53H43N3/c1-36(2)49(56-50-26-9-7-23-44(50)45-24-8-10-27-51(45)56)28-13-17-38-16-12-20-39(30-29-38)40-31-33-41(34-32-40)47-35-48(55-53(54-47)43-18-5-4-6-19-43)46-25-14-22-42-21-11-15-37(3)52(42)46/h4-14,18-35,37H,15,17H2,1-3H3/b28-13-. The Kier molecular flexibility index (Phi) is 9.45. The van der Waals surface area contributed by atoms with Crippen LogP contribution >= 0.6 is 0 Å². The molecule has 0 fully saturated rings. The van der Waals surface area contributed by atoms with Gasteiger partial charge in [-0.2, -0.15) is 0 Å². The van der Waals surface area contributed by atoms with E-state index in [2.05, 4.69) is 183 Å². The molecule has 0 amide bonds. The number of rotatable bonds is 8. The molecule has 0 saturated heterocycles. The molecule has 3 heteroatoms. The average molecular weight is 722 g/mol. The highest BCUT2D eigenvalue weighted by molar-refractivity contribution is 6.10. The van der Waals surface area contributed by atoms with E-state index in [0.29, 0.717) is 5.92 Å². The first-order valence-corrected chi connectivity index (χ1v) is 19.5. The molecule has 9 rings (SSSR count). The van der Waals surface area contributed by atoms with Crippen LogP contribution in [0.15, 0.2) is 187 Å². The molecule has 1 atom stereocenters. The van der Waals surface area contributed by atoms with Crippen molar-refractivity contribution in [2.24, 2.45) is 0 Å². The molecule has 1 unspecified atom stereocenters. The van der Waals surface area contributed by atoms with E-state index in [1.54, 1.807) is 0 Å². The molecule has 0 radical (unpaired) electrons. The lowest BCUT2D eigenvalue weighted by molar-refractivity contribution is 0.773. The lowest BCUT2D eigenvalue weighted by Crippen LogP contribution is -2.04. The molecule has 7 aromatic rings. The summed E-state index contributed by atoms with van der Waals surface area (Å²) in [5, 5.41) is 2.55. The van der Waals surface area contributed by atoms with Gasteiger partial charge < -0.3 is 4.57 Å². The highest BCUT2D eigenvalue weighted by Gasteiger charge is 2.20.